The molecular formula is C62H68N4O. The summed E-state index contributed by atoms with van der Waals surface area (Å²) in [4.78, 5) is 9.94. The molecule has 8 aromatic rings. The zero-order chi connectivity index (χ0) is 47.7. The maximum Gasteiger partial charge on any atom is 0.137 e. The average Bonchev–Trinajstić information content (AvgIpc) is 3.89. The Morgan fingerprint density at radius 2 is 1.04 bits per heavy atom. The van der Waals surface area contributed by atoms with Crippen LogP contribution in [0.5, 0.6) is 11.5 Å². The second kappa shape index (κ2) is 16.6. The molecule has 3 heterocycles. The van der Waals surface area contributed by atoms with Crippen molar-refractivity contribution >= 4 is 33.2 Å². The molecule has 5 nitrogen and oxygen atoms in total. The maximum absolute atomic E-state index is 6.92. The average molecular weight is 885 g/mol. The van der Waals surface area contributed by atoms with Gasteiger partial charge in [-0.25, -0.2) is 4.98 Å². The van der Waals surface area contributed by atoms with Crippen molar-refractivity contribution in [1.82, 2.24) is 9.55 Å². The van der Waals surface area contributed by atoms with Crippen molar-refractivity contribution in [3.05, 3.63) is 203 Å². The third-order valence-corrected chi connectivity index (χ3v) is 14.1. The van der Waals surface area contributed by atoms with E-state index in [1.165, 1.54) is 50.2 Å². The highest BCUT2D eigenvalue weighted by Crippen LogP contribution is 2.44. The predicted octanol–water partition coefficient (Wildman–Crippen LogP) is 16.3. The summed E-state index contributed by atoms with van der Waals surface area (Å²) in [5, 5.41) is 2.36. The number of nitrogens with zero attached hydrogens (tertiary/aromatic N) is 4. The van der Waals surface area contributed by atoms with E-state index in [-0.39, 0.29) is 27.1 Å². The first-order valence-corrected chi connectivity index (χ1v) is 24.0. The molecule has 2 aromatic heterocycles. The molecule has 0 spiro atoms. The fourth-order valence-electron chi connectivity index (χ4n) is 9.59. The van der Waals surface area contributed by atoms with Gasteiger partial charge in [-0.2, -0.15) is 0 Å². The van der Waals surface area contributed by atoms with E-state index < -0.39 is 0 Å². The molecule has 5 heteroatoms. The Balaban J connectivity index is 1.12. The van der Waals surface area contributed by atoms with Gasteiger partial charge in [0.05, 0.1) is 17.7 Å². The zero-order valence-corrected chi connectivity index (χ0v) is 42.0. The number of hydrogen-bond donors (Lipinski definition) is 0. The van der Waals surface area contributed by atoms with Crippen LogP contribution in [0.3, 0.4) is 0 Å². The van der Waals surface area contributed by atoms with Gasteiger partial charge in [0, 0.05) is 63.2 Å². The molecule has 342 valence electrons. The van der Waals surface area contributed by atoms with Crippen molar-refractivity contribution in [3.63, 3.8) is 0 Å². The van der Waals surface area contributed by atoms with Gasteiger partial charge in [-0.15, -0.1) is 0 Å². The molecule has 0 saturated heterocycles. The molecule has 0 N–H and O–H groups in total. The third-order valence-electron chi connectivity index (χ3n) is 14.1. The van der Waals surface area contributed by atoms with Crippen molar-refractivity contribution in [2.24, 2.45) is 0 Å². The van der Waals surface area contributed by atoms with E-state index >= 15 is 0 Å². The lowest BCUT2D eigenvalue weighted by Gasteiger charge is -2.34. The van der Waals surface area contributed by atoms with Crippen LogP contribution in [0, 0.1) is 0 Å². The molecule has 0 radical (unpaired) electrons. The van der Waals surface area contributed by atoms with E-state index in [1.54, 1.807) is 0 Å². The molecular weight excluding hydrogens is 817 g/mol. The molecule has 0 bridgehead atoms. The van der Waals surface area contributed by atoms with Gasteiger partial charge in [-0.3, -0.25) is 4.57 Å². The smallest absolute Gasteiger partial charge is 0.137 e. The Bertz CT molecular complexity index is 3100. The van der Waals surface area contributed by atoms with E-state index in [0.29, 0.717) is 6.67 Å². The Morgan fingerprint density at radius 3 is 1.67 bits per heavy atom. The Labute approximate surface area is 399 Å². The van der Waals surface area contributed by atoms with E-state index in [2.05, 4.69) is 262 Å². The summed E-state index contributed by atoms with van der Waals surface area (Å²) < 4.78 is 9.23. The van der Waals surface area contributed by atoms with Gasteiger partial charge in [-0.1, -0.05) is 169 Å². The number of allylic oxidation sites excluding steroid dienone is 1. The number of anilines is 2. The van der Waals surface area contributed by atoms with Gasteiger partial charge in [0.15, 0.2) is 0 Å². The van der Waals surface area contributed by atoms with Crippen LogP contribution in [0.15, 0.2) is 170 Å². The van der Waals surface area contributed by atoms with E-state index in [4.69, 9.17) is 9.72 Å². The topological polar surface area (TPSA) is 33.5 Å². The fraction of sp³-hybridized carbons (Fsp3) is 0.306. The Hall–Kier alpha value is -6.59. The second-order valence-corrected chi connectivity index (χ2v) is 22.8. The van der Waals surface area contributed by atoms with Crippen LogP contribution in [-0.4, -0.2) is 16.2 Å². The fourth-order valence-corrected chi connectivity index (χ4v) is 9.59. The molecule has 9 rings (SSSR count). The summed E-state index contributed by atoms with van der Waals surface area (Å²) in [5.41, 5.74) is 12.9. The summed E-state index contributed by atoms with van der Waals surface area (Å²) in [7, 11) is 0. The highest BCUT2D eigenvalue weighted by Gasteiger charge is 2.37. The van der Waals surface area contributed by atoms with Gasteiger partial charge in [-0.05, 0) is 110 Å². The van der Waals surface area contributed by atoms with Crippen LogP contribution in [0.25, 0.3) is 27.6 Å². The standard InChI is InChI=1S/C62H68N4O/c1-58(2,3)44-27-30-54-53(36-44)52-29-28-51(39-55(52)66(54)57-37-45(31-32-63-57)61(10,11)42-21-16-14-17-22-42)67-50-26-20-25-48(38-50)65-41-64(40-56(65)62(12,13)43-23-18-15-19-24-43)49-34-46(59(4,5)6)33-47(35-49)60(7,8)9/h14-40H,41H2,1-13H3. The minimum atomic E-state index is -0.297. The molecule has 6 aromatic carbocycles. The van der Waals surface area contributed by atoms with Crippen molar-refractivity contribution in [2.75, 3.05) is 16.5 Å². The largest absolute Gasteiger partial charge is 0.457 e. The summed E-state index contributed by atoms with van der Waals surface area (Å²) in [5.74, 6) is 2.42. The molecule has 0 aliphatic carbocycles. The van der Waals surface area contributed by atoms with Crippen molar-refractivity contribution in [1.29, 1.82) is 0 Å². The van der Waals surface area contributed by atoms with Crippen LogP contribution in [0.1, 0.15) is 123 Å². The first-order chi connectivity index (χ1) is 31.6. The van der Waals surface area contributed by atoms with Crippen LogP contribution in [0.2, 0.25) is 0 Å². The van der Waals surface area contributed by atoms with Crippen molar-refractivity contribution in [2.45, 2.75) is 117 Å². The molecule has 1 aliphatic rings. The lowest BCUT2D eigenvalue weighted by atomic mass is 9.78. The minimum Gasteiger partial charge on any atom is -0.457 e. The number of pyridine rings is 1. The van der Waals surface area contributed by atoms with Crippen LogP contribution < -0.4 is 14.5 Å². The molecule has 0 amide bonds. The minimum absolute atomic E-state index is 0.00186. The molecule has 0 saturated carbocycles. The lowest BCUT2D eigenvalue weighted by Crippen LogP contribution is -2.34. The first-order valence-electron chi connectivity index (χ1n) is 24.0. The molecule has 0 fully saturated rings. The number of ether oxygens (including phenoxy) is 1. The quantitative estimate of drug-likeness (QED) is 0.145. The number of hydrogen-bond acceptors (Lipinski definition) is 4. The Kier molecular flexibility index (Phi) is 11.3. The SMILES string of the molecule is CC(C)(C)c1cc(N2C=C(C(C)(C)c3ccccc3)N(c3cccc(Oc4ccc5c6cc(C(C)(C)C)ccc6n(-c6cc(C(C)(C)c7ccccc7)ccn6)c5c4)c3)C2)cc(C(C)(C)C)c1. The predicted molar refractivity (Wildman–Crippen MR) is 284 cm³/mol. The first kappa shape index (κ1) is 45.6. The van der Waals surface area contributed by atoms with Gasteiger partial charge in [0.2, 0.25) is 0 Å². The van der Waals surface area contributed by atoms with Gasteiger partial charge >= 0.3 is 0 Å². The van der Waals surface area contributed by atoms with E-state index in [1.807, 2.05) is 6.20 Å². The van der Waals surface area contributed by atoms with Crippen LogP contribution in [-0.2, 0) is 27.1 Å². The maximum atomic E-state index is 6.92. The molecule has 0 unspecified atom stereocenters. The number of rotatable bonds is 9. The molecule has 0 atom stereocenters. The van der Waals surface area contributed by atoms with Gasteiger partial charge in [0.25, 0.3) is 0 Å². The number of fused-ring (bicyclic) bond motifs is 3. The highest BCUT2D eigenvalue weighted by molar-refractivity contribution is 6.09. The summed E-state index contributed by atoms with van der Waals surface area (Å²) in [6.45, 7) is 30.6. The summed E-state index contributed by atoms with van der Waals surface area (Å²) >= 11 is 0. The van der Waals surface area contributed by atoms with Gasteiger partial charge < -0.3 is 14.5 Å². The number of aromatic nitrogens is 2. The Morgan fingerprint density at radius 1 is 0.433 bits per heavy atom. The molecule has 67 heavy (non-hydrogen) atoms. The second-order valence-electron chi connectivity index (χ2n) is 22.8. The van der Waals surface area contributed by atoms with Crippen molar-refractivity contribution in [3.8, 4) is 17.3 Å². The molecule has 1 aliphatic heterocycles. The van der Waals surface area contributed by atoms with Crippen molar-refractivity contribution < 1.29 is 4.74 Å². The lowest BCUT2D eigenvalue weighted by molar-refractivity contribution is 0.483. The summed E-state index contributed by atoms with van der Waals surface area (Å²) in [6, 6.07) is 55.2. The van der Waals surface area contributed by atoms with E-state index in [9.17, 15) is 0 Å². The monoisotopic (exact) mass is 885 g/mol. The zero-order valence-electron chi connectivity index (χ0n) is 42.0. The highest BCUT2D eigenvalue weighted by atomic mass is 16.5. The van der Waals surface area contributed by atoms with Gasteiger partial charge in [0.1, 0.15) is 17.3 Å². The third kappa shape index (κ3) is 8.77. The normalized spacial score (nSPS) is 14.0. The van der Waals surface area contributed by atoms with Crippen LogP contribution in [0.4, 0.5) is 11.4 Å². The van der Waals surface area contributed by atoms with E-state index in [0.717, 1.165) is 39.4 Å². The summed E-state index contributed by atoms with van der Waals surface area (Å²) in [6.07, 6.45) is 4.32. The van der Waals surface area contributed by atoms with Crippen LogP contribution >= 0.6 is 0 Å². The number of benzene rings is 6.